The molecule has 0 fully saturated rings. The van der Waals surface area contributed by atoms with Crippen LogP contribution in [-0.2, 0) is 0 Å². The number of aliphatic hydroxyl groups excluding tert-OH is 6. The van der Waals surface area contributed by atoms with E-state index in [-0.39, 0.29) is 6.54 Å². The zero-order valence-corrected chi connectivity index (χ0v) is 9.90. The van der Waals surface area contributed by atoms with Crippen molar-refractivity contribution >= 4 is 0 Å². The van der Waals surface area contributed by atoms with Crippen molar-refractivity contribution in [2.24, 2.45) is 0 Å². The molecule has 0 aliphatic carbocycles. The van der Waals surface area contributed by atoms with E-state index in [1.807, 2.05) is 6.92 Å². The molecule has 0 spiro atoms. The minimum atomic E-state index is -1.73. The van der Waals surface area contributed by atoms with Gasteiger partial charge in [-0.05, 0) is 13.0 Å². The summed E-state index contributed by atoms with van der Waals surface area (Å²) in [5, 5.41) is 58.3. The van der Waals surface area contributed by atoms with Crippen LogP contribution in [0.2, 0.25) is 0 Å². The topological polar surface area (TPSA) is 133 Å². The van der Waals surface area contributed by atoms with Crippen molar-refractivity contribution < 1.29 is 30.6 Å². The standard InChI is InChI=1S/C10H23NO6/c1-2-3-11-4-6(13)8(15)10(17)9(16)7(14)5-12/h6-17H,2-5H2,1H3. The smallest absolute Gasteiger partial charge is 0.111 e. The zero-order chi connectivity index (χ0) is 13.4. The highest BCUT2D eigenvalue weighted by molar-refractivity contribution is 4.85. The fourth-order valence-electron chi connectivity index (χ4n) is 1.31. The Balaban J connectivity index is 4.13. The third-order valence-electron chi connectivity index (χ3n) is 2.46. The van der Waals surface area contributed by atoms with Crippen molar-refractivity contribution in [3.05, 3.63) is 0 Å². The van der Waals surface area contributed by atoms with E-state index in [1.165, 1.54) is 0 Å². The second-order valence-electron chi connectivity index (χ2n) is 3.99. The molecule has 5 atom stereocenters. The van der Waals surface area contributed by atoms with E-state index in [0.29, 0.717) is 6.54 Å². The summed E-state index contributed by atoms with van der Waals surface area (Å²) in [6.45, 7) is 1.91. The fraction of sp³-hybridized carbons (Fsp3) is 1.00. The second kappa shape index (κ2) is 8.76. The number of rotatable bonds is 9. The van der Waals surface area contributed by atoms with Crippen LogP contribution in [0.3, 0.4) is 0 Å². The van der Waals surface area contributed by atoms with Crippen LogP contribution in [0.25, 0.3) is 0 Å². The highest BCUT2D eigenvalue weighted by atomic mass is 16.4. The van der Waals surface area contributed by atoms with Gasteiger partial charge >= 0.3 is 0 Å². The molecule has 0 radical (unpaired) electrons. The first-order chi connectivity index (χ1) is 7.95. The maximum absolute atomic E-state index is 9.51. The first kappa shape index (κ1) is 16.7. The Bertz CT molecular complexity index is 194. The van der Waals surface area contributed by atoms with Crippen LogP contribution < -0.4 is 5.32 Å². The molecule has 0 aromatic heterocycles. The molecule has 7 N–H and O–H groups in total. The Hall–Kier alpha value is -0.280. The quantitative estimate of drug-likeness (QED) is 0.215. The Morgan fingerprint density at radius 1 is 0.882 bits per heavy atom. The van der Waals surface area contributed by atoms with Crippen molar-refractivity contribution in [1.82, 2.24) is 5.32 Å². The van der Waals surface area contributed by atoms with E-state index in [1.54, 1.807) is 0 Å². The first-order valence-electron chi connectivity index (χ1n) is 5.67. The van der Waals surface area contributed by atoms with E-state index in [9.17, 15) is 20.4 Å². The number of nitrogens with one attached hydrogen (secondary N) is 1. The highest BCUT2D eigenvalue weighted by Gasteiger charge is 2.33. The zero-order valence-electron chi connectivity index (χ0n) is 9.90. The van der Waals surface area contributed by atoms with E-state index < -0.39 is 37.1 Å². The lowest BCUT2D eigenvalue weighted by molar-refractivity contribution is -0.139. The maximum atomic E-state index is 9.51. The van der Waals surface area contributed by atoms with Crippen LogP contribution in [0, 0.1) is 0 Å². The SMILES string of the molecule is CCCNCC(O)C(O)C(O)C(O)C(O)CO. The van der Waals surface area contributed by atoms with Crippen LogP contribution >= 0.6 is 0 Å². The Morgan fingerprint density at radius 3 is 1.88 bits per heavy atom. The van der Waals surface area contributed by atoms with Crippen LogP contribution in [0.4, 0.5) is 0 Å². The fourth-order valence-corrected chi connectivity index (χ4v) is 1.31. The molecule has 7 heteroatoms. The summed E-state index contributed by atoms with van der Waals surface area (Å²) < 4.78 is 0. The van der Waals surface area contributed by atoms with Gasteiger partial charge in [0.05, 0.1) is 12.7 Å². The molecule has 5 unspecified atom stereocenters. The first-order valence-corrected chi connectivity index (χ1v) is 5.67. The van der Waals surface area contributed by atoms with Gasteiger partial charge in [-0.1, -0.05) is 6.92 Å². The molecule has 0 heterocycles. The third kappa shape index (κ3) is 5.73. The van der Waals surface area contributed by atoms with Crippen molar-refractivity contribution in [1.29, 1.82) is 0 Å². The van der Waals surface area contributed by atoms with Gasteiger partial charge < -0.3 is 36.0 Å². The molecule has 17 heavy (non-hydrogen) atoms. The van der Waals surface area contributed by atoms with E-state index in [4.69, 9.17) is 10.2 Å². The average Bonchev–Trinajstić information content (AvgIpc) is 2.35. The Kier molecular flexibility index (Phi) is 8.61. The summed E-state index contributed by atoms with van der Waals surface area (Å²) >= 11 is 0. The molecular weight excluding hydrogens is 230 g/mol. The molecule has 0 aromatic carbocycles. The molecule has 0 saturated carbocycles. The Labute approximate surface area is 100 Å². The van der Waals surface area contributed by atoms with Crippen LogP contribution in [0.15, 0.2) is 0 Å². The van der Waals surface area contributed by atoms with Gasteiger partial charge in [-0.25, -0.2) is 0 Å². The lowest BCUT2D eigenvalue weighted by Crippen LogP contribution is -2.52. The van der Waals surface area contributed by atoms with Crippen molar-refractivity contribution in [2.75, 3.05) is 19.7 Å². The summed E-state index contributed by atoms with van der Waals surface area (Å²) in [5.74, 6) is 0. The summed E-state index contributed by atoms with van der Waals surface area (Å²) in [7, 11) is 0. The molecule has 0 rings (SSSR count). The average molecular weight is 253 g/mol. The maximum Gasteiger partial charge on any atom is 0.111 e. The normalized spacial score (nSPS) is 20.6. The van der Waals surface area contributed by atoms with Crippen LogP contribution in [0.1, 0.15) is 13.3 Å². The highest BCUT2D eigenvalue weighted by Crippen LogP contribution is 2.08. The van der Waals surface area contributed by atoms with E-state index in [0.717, 1.165) is 6.42 Å². The monoisotopic (exact) mass is 253 g/mol. The third-order valence-corrected chi connectivity index (χ3v) is 2.46. The van der Waals surface area contributed by atoms with E-state index in [2.05, 4.69) is 5.32 Å². The van der Waals surface area contributed by atoms with Gasteiger partial charge in [0.15, 0.2) is 0 Å². The summed E-state index contributed by atoms with van der Waals surface area (Å²) in [6, 6.07) is 0. The lowest BCUT2D eigenvalue weighted by Gasteiger charge is -2.28. The van der Waals surface area contributed by atoms with Gasteiger partial charge in [-0.15, -0.1) is 0 Å². The van der Waals surface area contributed by atoms with Gasteiger partial charge in [0, 0.05) is 6.54 Å². The van der Waals surface area contributed by atoms with Gasteiger partial charge in [0.1, 0.15) is 24.4 Å². The number of hydrogen-bond donors (Lipinski definition) is 7. The number of aliphatic hydroxyl groups is 6. The van der Waals surface area contributed by atoms with Gasteiger partial charge in [-0.2, -0.15) is 0 Å². The predicted molar refractivity (Wildman–Crippen MR) is 60.3 cm³/mol. The Morgan fingerprint density at radius 2 is 1.41 bits per heavy atom. The number of hydrogen-bond acceptors (Lipinski definition) is 7. The van der Waals surface area contributed by atoms with Crippen molar-refractivity contribution in [2.45, 2.75) is 43.9 Å². The van der Waals surface area contributed by atoms with Crippen LogP contribution in [0.5, 0.6) is 0 Å². The van der Waals surface area contributed by atoms with Gasteiger partial charge in [0.25, 0.3) is 0 Å². The minimum Gasteiger partial charge on any atom is -0.394 e. The molecule has 0 aliphatic heterocycles. The summed E-state index contributed by atoms with van der Waals surface area (Å²) in [6.07, 6.45) is -7.01. The van der Waals surface area contributed by atoms with Crippen LogP contribution in [-0.4, -0.2) is 80.9 Å². The second-order valence-corrected chi connectivity index (χ2v) is 3.99. The predicted octanol–water partition coefficient (Wildman–Crippen LogP) is -3.22. The molecular formula is C10H23NO6. The molecule has 0 bridgehead atoms. The van der Waals surface area contributed by atoms with Gasteiger partial charge in [-0.3, -0.25) is 0 Å². The summed E-state index contributed by atoms with van der Waals surface area (Å²) in [5.41, 5.74) is 0. The minimum absolute atomic E-state index is 0.0635. The van der Waals surface area contributed by atoms with Gasteiger partial charge in [0.2, 0.25) is 0 Å². The molecule has 0 aliphatic rings. The van der Waals surface area contributed by atoms with Crippen molar-refractivity contribution in [3.8, 4) is 0 Å². The molecule has 104 valence electrons. The largest absolute Gasteiger partial charge is 0.394 e. The lowest BCUT2D eigenvalue weighted by atomic mass is 9.99. The molecule has 0 amide bonds. The molecule has 0 saturated heterocycles. The molecule has 7 nitrogen and oxygen atoms in total. The molecule has 0 aromatic rings. The van der Waals surface area contributed by atoms with E-state index >= 15 is 0 Å². The van der Waals surface area contributed by atoms with Crippen molar-refractivity contribution in [3.63, 3.8) is 0 Å². The summed E-state index contributed by atoms with van der Waals surface area (Å²) in [4.78, 5) is 0.